The zero-order valence-corrected chi connectivity index (χ0v) is 12.5. The third kappa shape index (κ3) is 3.86. The number of nitrogens with zero attached hydrogens (tertiary/aromatic N) is 1. The molecule has 0 bridgehead atoms. The van der Waals surface area contributed by atoms with E-state index in [1.54, 1.807) is 35.2 Å². The van der Waals surface area contributed by atoms with Gasteiger partial charge in [-0.25, -0.2) is 8.78 Å². The van der Waals surface area contributed by atoms with E-state index in [2.05, 4.69) is 0 Å². The maximum Gasteiger partial charge on any atom is 0.227 e. The zero-order chi connectivity index (χ0) is 16.2. The molecule has 0 aromatic heterocycles. The van der Waals surface area contributed by atoms with E-state index in [4.69, 9.17) is 4.74 Å². The van der Waals surface area contributed by atoms with Crippen molar-refractivity contribution in [1.82, 2.24) is 4.90 Å². The van der Waals surface area contributed by atoms with Crippen molar-refractivity contribution in [2.75, 3.05) is 13.1 Å². The molecule has 1 fully saturated rings. The van der Waals surface area contributed by atoms with Crippen LogP contribution in [0.25, 0.3) is 0 Å². The molecule has 5 heteroatoms. The van der Waals surface area contributed by atoms with Crippen LogP contribution in [0.15, 0.2) is 48.5 Å². The lowest BCUT2D eigenvalue weighted by atomic mass is 10.1. The predicted molar refractivity (Wildman–Crippen MR) is 82.1 cm³/mol. The molecule has 0 unspecified atom stereocenters. The first-order valence-electron chi connectivity index (χ1n) is 7.55. The van der Waals surface area contributed by atoms with Crippen LogP contribution in [0, 0.1) is 11.6 Å². The van der Waals surface area contributed by atoms with Crippen molar-refractivity contribution in [2.45, 2.75) is 18.9 Å². The lowest BCUT2D eigenvalue weighted by molar-refractivity contribution is -0.129. The molecule has 1 saturated heterocycles. The zero-order valence-electron chi connectivity index (χ0n) is 12.5. The molecule has 0 spiro atoms. The average molecular weight is 317 g/mol. The molecule has 3 rings (SSSR count). The Balaban J connectivity index is 1.57. The Morgan fingerprint density at radius 3 is 2.78 bits per heavy atom. The summed E-state index contributed by atoms with van der Waals surface area (Å²) in [7, 11) is 0. The van der Waals surface area contributed by atoms with Crippen molar-refractivity contribution in [3.8, 4) is 5.75 Å². The summed E-state index contributed by atoms with van der Waals surface area (Å²) < 4.78 is 32.5. The summed E-state index contributed by atoms with van der Waals surface area (Å²) in [5.41, 5.74) is 0.395. The van der Waals surface area contributed by atoms with Gasteiger partial charge in [0, 0.05) is 19.0 Å². The normalized spacial score (nSPS) is 17.3. The van der Waals surface area contributed by atoms with Crippen molar-refractivity contribution in [2.24, 2.45) is 0 Å². The van der Waals surface area contributed by atoms with Gasteiger partial charge in [0.2, 0.25) is 5.91 Å². The van der Waals surface area contributed by atoms with Crippen molar-refractivity contribution in [3.63, 3.8) is 0 Å². The van der Waals surface area contributed by atoms with E-state index < -0.39 is 0 Å². The van der Waals surface area contributed by atoms with Gasteiger partial charge in [-0.05, 0) is 23.8 Å². The summed E-state index contributed by atoms with van der Waals surface area (Å²) in [4.78, 5) is 13.9. The number of likely N-dealkylation sites (tertiary alicyclic amines) is 1. The Labute approximate surface area is 133 Å². The standard InChI is InChI=1S/C18H17F2NO2/c19-14-5-3-6-15(11-14)23-16-8-9-21(12-16)18(22)10-13-4-1-2-7-17(13)20/h1-7,11,16H,8-10,12H2/t16-/m0/s1. The van der Waals surface area contributed by atoms with Gasteiger partial charge in [-0.3, -0.25) is 4.79 Å². The smallest absolute Gasteiger partial charge is 0.227 e. The number of hydrogen-bond acceptors (Lipinski definition) is 2. The maximum absolute atomic E-state index is 13.6. The Hall–Kier alpha value is -2.43. The van der Waals surface area contributed by atoms with Crippen LogP contribution in [0.2, 0.25) is 0 Å². The highest BCUT2D eigenvalue weighted by molar-refractivity contribution is 5.79. The maximum atomic E-state index is 13.6. The van der Waals surface area contributed by atoms with E-state index in [0.717, 1.165) is 0 Å². The fraction of sp³-hybridized carbons (Fsp3) is 0.278. The highest BCUT2D eigenvalue weighted by Gasteiger charge is 2.28. The SMILES string of the molecule is O=C(Cc1ccccc1F)N1CC[C@H](Oc2cccc(F)c2)C1. The van der Waals surface area contributed by atoms with Crippen LogP contribution in [0.5, 0.6) is 5.75 Å². The van der Waals surface area contributed by atoms with Crippen LogP contribution in [0.4, 0.5) is 8.78 Å². The van der Waals surface area contributed by atoms with Crippen LogP contribution >= 0.6 is 0 Å². The third-order valence-corrected chi connectivity index (χ3v) is 3.90. The molecule has 0 N–H and O–H groups in total. The summed E-state index contributed by atoms with van der Waals surface area (Å²) in [6.07, 6.45) is 0.556. The van der Waals surface area contributed by atoms with Gasteiger partial charge < -0.3 is 9.64 Å². The molecule has 23 heavy (non-hydrogen) atoms. The lowest BCUT2D eigenvalue weighted by Gasteiger charge is -2.17. The van der Waals surface area contributed by atoms with E-state index >= 15 is 0 Å². The predicted octanol–water partition coefficient (Wildman–Crippen LogP) is 3.19. The number of carbonyl (C=O) groups is 1. The second-order valence-electron chi connectivity index (χ2n) is 5.59. The Morgan fingerprint density at radius 1 is 1.17 bits per heavy atom. The minimum Gasteiger partial charge on any atom is -0.488 e. The van der Waals surface area contributed by atoms with E-state index in [9.17, 15) is 13.6 Å². The first kappa shape index (κ1) is 15.5. The monoisotopic (exact) mass is 317 g/mol. The number of amides is 1. The quantitative estimate of drug-likeness (QED) is 0.867. The molecule has 3 nitrogen and oxygen atoms in total. The largest absolute Gasteiger partial charge is 0.488 e. The van der Waals surface area contributed by atoms with Gasteiger partial charge in [0.15, 0.2) is 0 Å². The number of hydrogen-bond donors (Lipinski definition) is 0. The summed E-state index contributed by atoms with van der Waals surface area (Å²) >= 11 is 0. The molecular formula is C18H17F2NO2. The Bertz CT molecular complexity index is 705. The van der Waals surface area contributed by atoms with E-state index in [-0.39, 0.29) is 30.1 Å². The topological polar surface area (TPSA) is 29.5 Å². The average Bonchev–Trinajstić information content (AvgIpc) is 2.98. The van der Waals surface area contributed by atoms with E-state index in [1.165, 1.54) is 18.2 Å². The van der Waals surface area contributed by atoms with Crippen molar-refractivity contribution in [1.29, 1.82) is 0 Å². The van der Waals surface area contributed by atoms with Gasteiger partial charge in [0.1, 0.15) is 23.5 Å². The second-order valence-corrected chi connectivity index (χ2v) is 5.59. The van der Waals surface area contributed by atoms with E-state index in [1.807, 2.05) is 0 Å². The van der Waals surface area contributed by atoms with Crippen LogP contribution < -0.4 is 4.74 Å². The molecule has 2 aromatic rings. The van der Waals surface area contributed by atoms with Crippen LogP contribution in [0.3, 0.4) is 0 Å². The highest BCUT2D eigenvalue weighted by Crippen LogP contribution is 2.20. The lowest BCUT2D eigenvalue weighted by Crippen LogP contribution is -2.32. The molecule has 1 atom stereocenters. The number of ether oxygens (including phenoxy) is 1. The summed E-state index contributed by atoms with van der Waals surface area (Å²) in [6.45, 7) is 0.997. The van der Waals surface area contributed by atoms with Gasteiger partial charge in [0.05, 0.1) is 13.0 Å². The van der Waals surface area contributed by atoms with Crippen molar-refractivity contribution >= 4 is 5.91 Å². The molecule has 0 saturated carbocycles. The number of rotatable bonds is 4. The van der Waals surface area contributed by atoms with Crippen LogP contribution in [0.1, 0.15) is 12.0 Å². The summed E-state index contributed by atoms with van der Waals surface area (Å²) in [6, 6.07) is 12.2. The Kier molecular flexibility index (Phi) is 4.55. The number of benzene rings is 2. The molecule has 1 amide bonds. The number of carbonyl (C=O) groups excluding carboxylic acids is 1. The molecule has 0 radical (unpaired) electrons. The first-order valence-corrected chi connectivity index (χ1v) is 7.55. The fourth-order valence-electron chi connectivity index (χ4n) is 2.70. The minimum absolute atomic E-state index is 0.0410. The van der Waals surface area contributed by atoms with Crippen molar-refractivity contribution in [3.05, 3.63) is 65.7 Å². The number of halogens is 2. The molecular weight excluding hydrogens is 300 g/mol. The molecule has 120 valence electrons. The molecule has 1 aliphatic rings. The highest BCUT2D eigenvalue weighted by atomic mass is 19.1. The first-order chi connectivity index (χ1) is 11.1. The summed E-state index contributed by atoms with van der Waals surface area (Å²) in [5.74, 6) is -0.389. The van der Waals surface area contributed by atoms with Gasteiger partial charge in [-0.2, -0.15) is 0 Å². The summed E-state index contributed by atoms with van der Waals surface area (Å²) in [5, 5.41) is 0. The Morgan fingerprint density at radius 2 is 2.00 bits per heavy atom. The van der Waals surface area contributed by atoms with E-state index in [0.29, 0.717) is 30.8 Å². The van der Waals surface area contributed by atoms with Gasteiger partial charge >= 0.3 is 0 Å². The van der Waals surface area contributed by atoms with Gasteiger partial charge in [-0.15, -0.1) is 0 Å². The van der Waals surface area contributed by atoms with Gasteiger partial charge in [-0.1, -0.05) is 24.3 Å². The molecule has 2 aromatic carbocycles. The fourth-order valence-corrected chi connectivity index (χ4v) is 2.70. The minimum atomic E-state index is -0.368. The van der Waals surface area contributed by atoms with Crippen molar-refractivity contribution < 1.29 is 18.3 Å². The molecule has 1 aliphatic heterocycles. The molecule has 1 heterocycles. The third-order valence-electron chi connectivity index (χ3n) is 3.90. The van der Waals surface area contributed by atoms with Crippen LogP contribution in [-0.4, -0.2) is 30.0 Å². The van der Waals surface area contributed by atoms with Crippen LogP contribution in [-0.2, 0) is 11.2 Å². The molecule has 0 aliphatic carbocycles. The second kappa shape index (κ2) is 6.77. The van der Waals surface area contributed by atoms with Gasteiger partial charge in [0.25, 0.3) is 0 Å².